The van der Waals surface area contributed by atoms with Gasteiger partial charge in [-0.2, -0.15) is 0 Å². The van der Waals surface area contributed by atoms with Crippen LogP contribution in [-0.4, -0.2) is 35.5 Å². The summed E-state index contributed by atoms with van der Waals surface area (Å²) in [5, 5.41) is 3.46. The molecule has 1 amide bonds. The van der Waals surface area contributed by atoms with Crippen molar-refractivity contribution in [1.82, 2.24) is 9.55 Å². The van der Waals surface area contributed by atoms with Crippen LogP contribution in [0, 0.1) is 0 Å². The zero-order chi connectivity index (χ0) is 19.8. The molecule has 0 spiro atoms. The summed E-state index contributed by atoms with van der Waals surface area (Å²) in [4.78, 5) is 21.1. The molecule has 0 saturated heterocycles. The zero-order valence-electron chi connectivity index (χ0n) is 15.9. The van der Waals surface area contributed by atoms with E-state index in [0.717, 1.165) is 11.0 Å². The van der Waals surface area contributed by atoms with E-state index in [1.165, 1.54) is 7.11 Å². The van der Waals surface area contributed by atoms with Crippen molar-refractivity contribution in [2.45, 2.75) is 20.4 Å². The van der Waals surface area contributed by atoms with E-state index in [2.05, 4.69) is 15.3 Å². The number of para-hydroxylation sites is 2. The van der Waals surface area contributed by atoms with Gasteiger partial charge in [0.05, 0.1) is 18.1 Å². The summed E-state index contributed by atoms with van der Waals surface area (Å²) in [5.74, 6) is 0.700. The van der Waals surface area contributed by atoms with Crippen molar-refractivity contribution in [3.8, 4) is 0 Å². The maximum atomic E-state index is 12.5. The van der Waals surface area contributed by atoms with E-state index in [4.69, 9.17) is 16.3 Å². The number of anilines is 1. The summed E-state index contributed by atoms with van der Waals surface area (Å²) in [6.07, 6.45) is 0. The Hall–Kier alpha value is -2.86. The van der Waals surface area contributed by atoms with E-state index in [9.17, 15) is 4.79 Å². The second kappa shape index (κ2) is 9.73. The van der Waals surface area contributed by atoms with E-state index in [1.54, 1.807) is 35.9 Å². The number of benzene rings is 2. The molecule has 0 radical (unpaired) electrons. The number of rotatable bonds is 4. The van der Waals surface area contributed by atoms with Crippen molar-refractivity contribution in [2.75, 3.05) is 19.5 Å². The van der Waals surface area contributed by atoms with Gasteiger partial charge >= 0.3 is 0 Å². The predicted molar refractivity (Wildman–Crippen MR) is 111 cm³/mol. The van der Waals surface area contributed by atoms with Gasteiger partial charge in [0, 0.05) is 17.8 Å². The highest BCUT2D eigenvalue weighted by Crippen LogP contribution is 2.18. The summed E-state index contributed by atoms with van der Waals surface area (Å²) >= 11 is 5.86. The van der Waals surface area contributed by atoms with Crippen LogP contribution in [0.3, 0.4) is 0 Å². The lowest BCUT2D eigenvalue weighted by molar-refractivity contribution is -0.116. The van der Waals surface area contributed by atoms with Crippen LogP contribution in [0.1, 0.15) is 19.7 Å². The monoisotopic (exact) mass is 386 g/mol. The summed E-state index contributed by atoms with van der Waals surface area (Å²) in [6, 6.07) is 14.5. The Labute approximate surface area is 163 Å². The molecule has 3 rings (SSSR count). The normalized spacial score (nSPS) is 10.9. The third-order valence-corrected chi connectivity index (χ3v) is 3.92. The predicted octanol–water partition coefficient (Wildman–Crippen LogP) is 4.38. The highest BCUT2D eigenvalue weighted by Gasteiger charge is 2.18. The molecule has 0 saturated carbocycles. The number of methoxy groups -OCH3 is 1. The molecule has 27 heavy (non-hydrogen) atoms. The molecule has 2 aromatic carbocycles. The second-order valence-electron chi connectivity index (χ2n) is 5.30. The first-order chi connectivity index (χ1) is 13.1. The van der Waals surface area contributed by atoms with Crippen LogP contribution in [0.2, 0.25) is 5.02 Å². The first-order valence-corrected chi connectivity index (χ1v) is 9.02. The van der Waals surface area contributed by atoms with Crippen LogP contribution in [0.5, 0.6) is 0 Å². The minimum atomic E-state index is -0.182. The molecule has 7 heteroatoms. The summed E-state index contributed by atoms with van der Waals surface area (Å²) in [7, 11) is 3.15. The Morgan fingerprint density at radius 1 is 1.19 bits per heavy atom. The number of carbonyl (C=O) groups excluding carboxylic acids is 1. The Kier molecular flexibility index (Phi) is 7.37. The summed E-state index contributed by atoms with van der Waals surface area (Å²) in [6.45, 7) is 4.08. The van der Waals surface area contributed by atoms with Crippen molar-refractivity contribution >= 4 is 40.1 Å². The Morgan fingerprint density at radius 3 is 2.48 bits per heavy atom. The third-order valence-electron chi connectivity index (χ3n) is 3.67. The van der Waals surface area contributed by atoms with Gasteiger partial charge in [-0.1, -0.05) is 37.6 Å². The molecule has 0 atom stereocenters. The van der Waals surface area contributed by atoms with Crippen LogP contribution in [0.15, 0.2) is 53.5 Å². The molecule has 0 bridgehead atoms. The molecule has 1 N–H and O–H groups in total. The largest absolute Gasteiger partial charge is 0.479 e. The SMILES string of the molecule is CC.CN=C(OC)c1nc2ccccc2n1CC(=O)Nc1ccc(Cl)cc1. The number of hydrogen-bond donors (Lipinski definition) is 1. The maximum absolute atomic E-state index is 12.5. The molecule has 0 fully saturated rings. The van der Waals surface area contributed by atoms with Gasteiger partial charge < -0.3 is 14.6 Å². The maximum Gasteiger partial charge on any atom is 0.252 e. The van der Waals surface area contributed by atoms with Gasteiger partial charge in [-0.15, -0.1) is 0 Å². The quantitative estimate of drug-likeness (QED) is 0.534. The number of amides is 1. The van der Waals surface area contributed by atoms with Gasteiger partial charge in [0.15, 0.2) is 5.82 Å². The lowest BCUT2D eigenvalue weighted by atomic mass is 10.3. The zero-order valence-corrected chi connectivity index (χ0v) is 16.6. The van der Waals surface area contributed by atoms with Crippen molar-refractivity contribution in [1.29, 1.82) is 0 Å². The molecule has 3 aromatic rings. The lowest BCUT2D eigenvalue weighted by Crippen LogP contribution is -2.22. The number of imidazole rings is 1. The molecule has 0 unspecified atom stereocenters. The lowest BCUT2D eigenvalue weighted by Gasteiger charge is -2.10. The minimum absolute atomic E-state index is 0.0842. The van der Waals surface area contributed by atoms with Crippen molar-refractivity contribution in [3.63, 3.8) is 0 Å². The molecular weight excluding hydrogens is 364 g/mol. The topological polar surface area (TPSA) is 68.5 Å². The van der Waals surface area contributed by atoms with Crippen LogP contribution in [0.4, 0.5) is 5.69 Å². The van der Waals surface area contributed by atoms with Gasteiger partial charge in [0.2, 0.25) is 5.91 Å². The summed E-state index contributed by atoms with van der Waals surface area (Å²) < 4.78 is 7.07. The summed E-state index contributed by atoms with van der Waals surface area (Å²) in [5.41, 5.74) is 2.29. The molecule has 142 valence electrons. The number of halogens is 1. The Morgan fingerprint density at radius 2 is 1.85 bits per heavy atom. The minimum Gasteiger partial charge on any atom is -0.479 e. The molecule has 1 heterocycles. The first-order valence-electron chi connectivity index (χ1n) is 8.64. The van der Waals surface area contributed by atoms with Crippen LogP contribution in [0.25, 0.3) is 11.0 Å². The molecule has 0 aliphatic carbocycles. The van der Waals surface area contributed by atoms with Gasteiger partial charge in [0.1, 0.15) is 6.54 Å². The highest BCUT2D eigenvalue weighted by atomic mass is 35.5. The standard InChI is InChI=1S/C18H17ClN4O2.C2H6/c1-20-18(25-2)17-22-14-5-3-4-6-15(14)23(17)11-16(24)21-13-9-7-12(19)8-10-13;1-2/h3-10H,11H2,1-2H3,(H,21,24);1-2H3. The number of aliphatic imine (C=N–C) groups is 1. The van der Waals surface area contributed by atoms with E-state index in [1.807, 2.05) is 38.1 Å². The van der Waals surface area contributed by atoms with Gasteiger partial charge in [-0.25, -0.2) is 4.98 Å². The van der Waals surface area contributed by atoms with Crippen LogP contribution >= 0.6 is 11.6 Å². The van der Waals surface area contributed by atoms with E-state index in [0.29, 0.717) is 22.4 Å². The number of nitrogens with one attached hydrogen (secondary N) is 1. The smallest absolute Gasteiger partial charge is 0.252 e. The van der Waals surface area contributed by atoms with Crippen molar-refractivity contribution in [3.05, 3.63) is 59.4 Å². The first kappa shape index (κ1) is 20.5. The fraction of sp³-hybridized carbons (Fsp3) is 0.250. The highest BCUT2D eigenvalue weighted by molar-refractivity contribution is 6.30. The molecular formula is C20H23ClN4O2. The third kappa shape index (κ3) is 4.86. The molecule has 1 aromatic heterocycles. The Bertz CT molecular complexity index is 933. The Balaban J connectivity index is 0.00000126. The van der Waals surface area contributed by atoms with E-state index in [-0.39, 0.29) is 12.5 Å². The number of hydrogen-bond acceptors (Lipinski definition) is 4. The number of ether oxygens (including phenoxy) is 1. The average molecular weight is 387 g/mol. The number of aromatic nitrogens is 2. The number of nitrogens with zero attached hydrogens (tertiary/aromatic N) is 3. The van der Waals surface area contributed by atoms with Crippen LogP contribution < -0.4 is 5.32 Å². The fourth-order valence-electron chi connectivity index (χ4n) is 2.56. The molecule has 0 aliphatic rings. The second-order valence-corrected chi connectivity index (χ2v) is 5.73. The van der Waals surface area contributed by atoms with Gasteiger partial charge in [0.25, 0.3) is 5.90 Å². The average Bonchev–Trinajstić information content (AvgIpc) is 3.05. The number of fused-ring (bicyclic) bond motifs is 1. The van der Waals surface area contributed by atoms with Crippen molar-refractivity contribution < 1.29 is 9.53 Å². The molecule has 0 aliphatic heterocycles. The van der Waals surface area contributed by atoms with E-state index >= 15 is 0 Å². The van der Waals surface area contributed by atoms with E-state index < -0.39 is 0 Å². The van der Waals surface area contributed by atoms with Crippen molar-refractivity contribution in [2.24, 2.45) is 4.99 Å². The van der Waals surface area contributed by atoms with Gasteiger partial charge in [-0.3, -0.25) is 9.79 Å². The van der Waals surface area contributed by atoms with Crippen LogP contribution in [-0.2, 0) is 16.1 Å². The molecule has 6 nitrogen and oxygen atoms in total. The van der Waals surface area contributed by atoms with Gasteiger partial charge in [-0.05, 0) is 36.4 Å². The fourth-order valence-corrected chi connectivity index (χ4v) is 2.68. The number of carbonyl (C=O) groups is 1.